The first kappa shape index (κ1) is 13.2. The quantitative estimate of drug-likeness (QED) is 0.796. The molecule has 1 fully saturated rings. The zero-order chi connectivity index (χ0) is 12.2. The Labute approximate surface area is 109 Å². The first-order valence-corrected chi connectivity index (χ1v) is 5.40. The Morgan fingerprint density at radius 1 is 1.44 bits per heavy atom. The number of ether oxygens (including phenoxy) is 1. The van der Waals surface area contributed by atoms with Gasteiger partial charge in [-0.15, -0.1) is 12.4 Å². The number of fused-ring (bicyclic) bond motifs is 3. The molecule has 1 aromatic rings. The van der Waals surface area contributed by atoms with Gasteiger partial charge in [0.25, 0.3) is 0 Å². The van der Waals surface area contributed by atoms with Crippen molar-refractivity contribution in [3.8, 4) is 0 Å². The maximum absolute atomic E-state index is 13.2. The minimum atomic E-state index is -0.865. The first-order chi connectivity index (χ1) is 8.08. The number of benzene rings is 1. The lowest BCUT2D eigenvalue weighted by Crippen LogP contribution is -2.43. The average Bonchev–Trinajstić information content (AvgIpc) is 3.06. The molecular formula is C12H12ClF2NO2. The van der Waals surface area contributed by atoms with Crippen molar-refractivity contribution in [1.29, 1.82) is 0 Å². The largest absolute Gasteiger partial charge is 0.468 e. The van der Waals surface area contributed by atoms with E-state index in [1.807, 2.05) is 0 Å². The molecule has 2 aliphatic rings. The van der Waals surface area contributed by atoms with Crippen molar-refractivity contribution in [3.63, 3.8) is 0 Å². The lowest BCUT2D eigenvalue weighted by Gasteiger charge is -2.24. The topological polar surface area (TPSA) is 38.3 Å². The summed E-state index contributed by atoms with van der Waals surface area (Å²) in [7, 11) is 1.33. The Kier molecular flexibility index (Phi) is 3.07. The van der Waals surface area contributed by atoms with Gasteiger partial charge in [-0.2, -0.15) is 0 Å². The van der Waals surface area contributed by atoms with E-state index < -0.39 is 17.2 Å². The Bertz CT molecular complexity index is 523. The number of nitrogens with one attached hydrogen (secondary N) is 1. The van der Waals surface area contributed by atoms with E-state index in [2.05, 4.69) is 5.32 Å². The molecule has 1 N–H and O–H groups in total. The number of methoxy groups -OCH3 is 1. The van der Waals surface area contributed by atoms with Crippen LogP contribution in [0.25, 0.3) is 0 Å². The standard InChI is InChI=1S/C12H11F2NO2.ClH/c1-17-11(16)12-4-8(12)7-3-10(14)9(13)2-6(7)5-15-12;/h2-3,8,15H,4-5H2,1H3;1H. The van der Waals surface area contributed by atoms with Gasteiger partial charge in [0.1, 0.15) is 5.54 Å². The molecule has 1 aliphatic heterocycles. The molecule has 3 nitrogen and oxygen atoms in total. The SMILES string of the molecule is COC(=O)C12CC1c1cc(F)c(F)cc1CN2.Cl. The molecule has 0 radical (unpaired) electrons. The second kappa shape index (κ2) is 4.17. The lowest BCUT2D eigenvalue weighted by atomic mass is 9.95. The summed E-state index contributed by atoms with van der Waals surface area (Å²) in [6.45, 7) is 0.359. The van der Waals surface area contributed by atoms with Crippen molar-refractivity contribution in [3.05, 3.63) is 34.9 Å². The van der Waals surface area contributed by atoms with Crippen molar-refractivity contribution in [2.45, 2.75) is 24.4 Å². The molecule has 2 atom stereocenters. The Balaban J connectivity index is 0.00000120. The minimum Gasteiger partial charge on any atom is -0.468 e. The third kappa shape index (κ3) is 1.61. The van der Waals surface area contributed by atoms with Crippen LogP contribution in [0, 0.1) is 11.6 Å². The summed E-state index contributed by atoms with van der Waals surface area (Å²) in [5.41, 5.74) is 0.713. The number of carbonyl (C=O) groups is 1. The molecule has 0 aromatic heterocycles. The zero-order valence-corrected chi connectivity index (χ0v) is 10.4. The number of halogens is 3. The number of hydrogen-bond acceptors (Lipinski definition) is 3. The van der Waals surface area contributed by atoms with Crippen LogP contribution in [0.15, 0.2) is 12.1 Å². The fourth-order valence-electron chi connectivity index (χ4n) is 2.65. The van der Waals surface area contributed by atoms with Crippen LogP contribution in [0.5, 0.6) is 0 Å². The second-order valence-corrected chi connectivity index (χ2v) is 4.54. The smallest absolute Gasteiger partial charge is 0.326 e. The summed E-state index contributed by atoms with van der Waals surface area (Å²) in [6.07, 6.45) is 0.581. The van der Waals surface area contributed by atoms with E-state index in [9.17, 15) is 13.6 Å². The van der Waals surface area contributed by atoms with Gasteiger partial charge >= 0.3 is 5.97 Å². The molecule has 18 heavy (non-hydrogen) atoms. The Morgan fingerprint density at radius 3 is 2.78 bits per heavy atom. The minimum absolute atomic E-state index is 0. The van der Waals surface area contributed by atoms with Crippen LogP contribution in [0.4, 0.5) is 8.78 Å². The van der Waals surface area contributed by atoms with E-state index in [1.54, 1.807) is 0 Å². The molecule has 98 valence electrons. The molecule has 3 rings (SSSR count). The van der Waals surface area contributed by atoms with Crippen LogP contribution in [-0.4, -0.2) is 18.6 Å². The molecule has 0 saturated heterocycles. The Hall–Kier alpha value is -1.20. The normalized spacial score (nSPS) is 27.6. The van der Waals surface area contributed by atoms with Crippen LogP contribution >= 0.6 is 12.4 Å². The molecule has 0 amide bonds. The molecule has 1 aromatic carbocycles. The van der Waals surface area contributed by atoms with Crippen LogP contribution in [0.2, 0.25) is 0 Å². The highest BCUT2D eigenvalue weighted by atomic mass is 35.5. The summed E-state index contributed by atoms with van der Waals surface area (Å²) >= 11 is 0. The average molecular weight is 276 g/mol. The van der Waals surface area contributed by atoms with E-state index in [-0.39, 0.29) is 24.3 Å². The van der Waals surface area contributed by atoms with Gasteiger partial charge in [0, 0.05) is 12.5 Å². The second-order valence-electron chi connectivity index (χ2n) is 4.54. The number of rotatable bonds is 1. The highest BCUT2D eigenvalue weighted by Crippen LogP contribution is 2.55. The van der Waals surface area contributed by atoms with Gasteiger partial charge in [0.05, 0.1) is 7.11 Å². The zero-order valence-electron chi connectivity index (χ0n) is 9.63. The van der Waals surface area contributed by atoms with E-state index in [4.69, 9.17) is 4.74 Å². The van der Waals surface area contributed by atoms with E-state index in [0.717, 1.165) is 0 Å². The van der Waals surface area contributed by atoms with Gasteiger partial charge in [0.2, 0.25) is 0 Å². The van der Waals surface area contributed by atoms with E-state index in [1.165, 1.54) is 19.2 Å². The van der Waals surface area contributed by atoms with Gasteiger partial charge in [-0.3, -0.25) is 10.1 Å². The predicted octanol–water partition coefficient (Wildman–Crippen LogP) is 1.89. The maximum atomic E-state index is 13.2. The summed E-state index contributed by atoms with van der Waals surface area (Å²) in [5.74, 6) is -2.15. The predicted molar refractivity (Wildman–Crippen MR) is 62.6 cm³/mol. The summed E-state index contributed by atoms with van der Waals surface area (Å²) < 4.78 is 31.0. The molecule has 1 aliphatic carbocycles. The van der Waals surface area contributed by atoms with Gasteiger partial charge in [-0.05, 0) is 29.7 Å². The van der Waals surface area contributed by atoms with Crippen LogP contribution in [-0.2, 0) is 16.1 Å². The fourth-order valence-corrected chi connectivity index (χ4v) is 2.65. The van der Waals surface area contributed by atoms with Crippen LogP contribution in [0.1, 0.15) is 23.5 Å². The maximum Gasteiger partial charge on any atom is 0.326 e. The van der Waals surface area contributed by atoms with Gasteiger partial charge < -0.3 is 4.74 Å². The highest BCUT2D eigenvalue weighted by molar-refractivity contribution is 5.87. The molecule has 6 heteroatoms. The van der Waals surface area contributed by atoms with Crippen molar-refractivity contribution in [2.75, 3.05) is 7.11 Å². The third-order valence-electron chi connectivity index (χ3n) is 3.66. The van der Waals surface area contributed by atoms with Crippen molar-refractivity contribution in [1.82, 2.24) is 5.32 Å². The third-order valence-corrected chi connectivity index (χ3v) is 3.66. The molecule has 0 spiro atoms. The summed E-state index contributed by atoms with van der Waals surface area (Å²) in [5, 5.41) is 3.06. The van der Waals surface area contributed by atoms with Gasteiger partial charge in [-0.1, -0.05) is 0 Å². The summed E-state index contributed by atoms with van der Waals surface area (Å²) in [6, 6.07) is 2.39. The number of hydrogen-bond donors (Lipinski definition) is 1. The fraction of sp³-hybridized carbons (Fsp3) is 0.417. The molecular weight excluding hydrogens is 264 g/mol. The number of carbonyl (C=O) groups excluding carboxylic acids is 1. The molecule has 2 unspecified atom stereocenters. The van der Waals surface area contributed by atoms with Gasteiger partial charge in [-0.25, -0.2) is 8.78 Å². The van der Waals surface area contributed by atoms with E-state index in [0.29, 0.717) is 24.1 Å². The molecule has 1 heterocycles. The first-order valence-electron chi connectivity index (χ1n) is 5.40. The van der Waals surface area contributed by atoms with Crippen LogP contribution < -0.4 is 5.32 Å². The highest BCUT2D eigenvalue weighted by Gasteiger charge is 2.63. The van der Waals surface area contributed by atoms with Crippen molar-refractivity contribution in [2.24, 2.45) is 0 Å². The van der Waals surface area contributed by atoms with E-state index >= 15 is 0 Å². The monoisotopic (exact) mass is 275 g/mol. The van der Waals surface area contributed by atoms with Crippen molar-refractivity contribution < 1.29 is 18.3 Å². The molecule has 1 saturated carbocycles. The number of esters is 1. The van der Waals surface area contributed by atoms with Crippen molar-refractivity contribution >= 4 is 18.4 Å². The van der Waals surface area contributed by atoms with Crippen LogP contribution in [0.3, 0.4) is 0 Å². The Morgan fingerprint density at radius 2 is 2.11 bits per heavy atom. The van der Waals surface area contributed by atoms with Gasteiger partial charge in [0.15, 0.2) is 11.6 Å². The lowest BCUT2D eigenvalue weighted by molar-refractivity contribution is -0.144. The summed E-state index contributed by atoms with van der Waals surface area (Å²) in [4.78, 5) is 11.6. The molecule has 0 bridgehead atoms.